The van der Waals surface area contributed by atoms with E-state index in [4.69, 9.17) is 4.99 Å². The number of nitrogens with one attached hydrogen (secondary N) is 1. The predicted molar refractivity (Wildman–Crippen MR) is 113 cm³/mol. The Labute approximate surface area is 167 Å². The third kappa shape index (κ3) is 3.97. The SMILES string of the molecule is Cc1ccc([C@H]2N=C(c3cccc(Br)c3)C[C@H](c3ccccc3O)N2)cc1. The van der Waals surface area contributed by atoms with Crippen LogP contribution in [-0.2, 0) is 0 Å². The van der Waals surface area contributed by atoms with Crippen molar-refractivity contribution >= 4 is 21.6 Å². The van der Waals surface area contributed by atoms with E-state index < -0.39 is 0 Å². The first-order valence-corrected chi connectivity index (χ1v) is 9.82. The van der Waals surface area contributed by atoms with E-state index in [0.717, 1.165) is 33.3 Å². The molecule has 1 aliphatic heterocycles. The van der Waals surface area contributed by atoms with E-state index in [2.05, 4.69) is 64.6 Å². The minimum Gasteiger partial charge on any atom is -0.508 e. The molecule has 1 aliphatic rings. The number of benzene rings is 3. The highest BCUT2D eigenvalue weighted by Gasteiger charge is 2.27. The monoisotopic (exact) mass is 420 g/mol. The van der Waals surface area contributed by atoms with Gasteiger partial charge in [-0.15, -0.1) is 0 Å². The molecule has 0 amide bonds. The van der Waals surface area contributed by atoms with Crippen LogP contribution in [0.2, 0.25) is 0 Å². The highest BCUT2D eigenvalue weighted by molar-refractivity contribution is 9.10. The van der Waals surface area contributed by atoms with Crippen molar-refractivity contribution in [3.63, 3.8) is 0 Å². The number of hydrogen-bond acceptors (Lipinski definition) is 3. The molecule has 0 spiro atoms. The number of phenolic OH excluding ortho intramolecular Hbond substituents is 1. The van der Waals surface area contributed by atoms with Crippen LogP contribution < -0.4 is 5.32 Å². The Bertz CT molecular complexity index is 982. The van der Waals surface area contributed by atoms with Crippen LogP contribution in [0.3, 0.4) is 0 Å². The molecule has 0 aliphatic carbocycles. The smallest absolute Gasteiger partial charge is 0.126 e. The zero-order chi connectivity index (χ0) is 18.8. The van der Waals surface area contributed by atoms with Crippen molar-refractivity contribution in [1.82, 2.24) is 5.32 Å². The highest BCUT2D eigenvalue weighted by atomic mass is 79.9. The molecular weight excluding hydrogens is 400 g/mol. The standard InChI is InChI=1S/C23H21BrN2O/c1-15-9-11-16(12-10-15)23-25-20(17-5-4-6-18(24)13-17)14-21(26-23)19-7-2-3-8-22(19)27/h2-13,21,23,26-27H,14H2,1H3/t21-,23+/m1/s1. The summed E-state index contributed by atoms with van der Waals surface area (Å²) in [5, 5.41) is 14.0. The maximum Gasteiger partial charge on any atom is 0.126 e. The van der Waals surface area contributed by atoms with Crippen molar-refractivity contribution in [3.8, 4) is 5.75 Å². The van der Waals surface area contributed by atoms with E-state index in [9.17, 15) is 5.11 Å². The zero-order valence-corrected chi connectivity index (χ0v) is 16.6. The van der Waals surface area contributed by atoms with Crippen LogP contribution in [0, 0.1) is 6.92 Å². The second kappa shape index (κ2) is 7.67. The summed E-state index contributed by atoms with van der Waals surface area (Å²) in [6.07, 6.45) is 0.564. The van der Waals surface area contributed by atoms with Gasteiger partial charge in [-0.2, -0.15) is 0 Å². The van der Waals surface area contributed by atoms with E-state index in [1.54, 1.807) is 6.07 Å². The van der Waals surface area contributed by atoms with Crippen LogP contribution in [0.15, 0.2) is 82.3 Å². The summed E-state index contributed by atoms with van der Waals surface area (Å²) < 4.78 is 1.03. The molecule has 0 fully saturated rings. The molecule has 0 saturated carbocycles. The Morgan fingerprint density at radius 3 is 2.52 bits per heavy atom. The molecule has 3 aromatic rings. The molecule has 136 valence electrons. The molecule has 0 bridgehead atoms. The number of aryl methyl sites for hydroxylation is 1. The van der Waals surface area contributed by atoms with Crippen LogP contribution in [0.5, 0.6) is 5.75 Å². The zero-order valence-electron chi connectivity index (χ0n) is 15.1. The molecule has 2 atom stereocenters. The molecule has 27 heavy (non-hydrogen) atoms. The Kier molecular flexibility index (Phi) is 5.10. The normalized spacial score (nSPS) is 19.6. The quantitative estimate of drug-likeness (QED) is 0.571. The minimum atomic E-state index is -0.155. The van der Waals surface area contributed by atoms with Gasteiger partial charge in [0.15, 0.2) is 0 Å². The van der Waals surface area contributed by atoms with Gasteiger partial charge in [-0.05, 0) is 36.2 Å². The van der Waals surface area contributed by atoms with Crippen LogP contribution in [0.4, 0.5) is 0 Å². The molecule has 3 aromatic carbocycles. The van der Waals surface area contributed by atoms with Crippen LogP contribution in [0.25, 0.3) is 0 Å². The van der Waals surface area contributed by atoms with Crippen molar-refractivity contribution in [2.45, 2.75) is 25.6 Å². The second-order valence-corrected chi connectivity index (χ2v) is 7.80. The summed E-state index contributed by atoms with van der Waals surface area (Å²) in [5.74, 6) is 0.313. The summed E-state index contributed by atoms with van der Waals surface area (Å²) >= 11 is 3.56. The van der Waals surface area contributed by atoms with Gasteiger partial charge in [-0.3, -0.25) is 10.3 Å². The molecule has 0 unspecified atom stereocenters. The summed E-state index contributed by atoms with van der Waals surface area (Å²) in [5.41, 5.74) is 5.38. The maximum atomic E-state index is 10.4. The first-order valence-electron chi connectivity index (χ1n) is 9.03. The largest absolute Gasteiger partial charge is 0.508 e. The summed E-state index contributed by atoms with van der Waals surface area (Å²) in [6, 6.07) is 24.2. The lowest BCUT2D eigenvalue weighted by atomic mass is 9.93. The molecule has 4 rings (SSSR count). The van der Waals surface area contributed by atoms with E-state index in [1.165, 1.54) is 5.56 Å². The summed E-state index contributed by atoms with van der Waals surface area (Å²) in [7, 11) is 0. The van der Waals surface area contributed by atoms with Crippen molar-refractivity contribution in [3.05, 3.63) is 99.5 Å². The van der Waals surface area contributed by atoms with E-state index in [1.807, 2.05) is 30.3 Å². The lowest BCUT2D eigenvalue weighted by Gasteiger charge is -2.31. The fourth-order valence-corrected chi connectivity index (χ4v) is 3.85. The lowest BCUT2D eigenvalue weighted by Crippen LogP contribution is -2.33. The fraction of sp³-hybridized carbons (Fsp3) is 0.174. The number of aromatic hydroxyl groups is 1. The van der Waals surface area contributed by atoms with Gasteiger partial charge in [-0.1, -0.05) is 76.1 Å². The number of nitrogens with zero attached hydrogens (tertiary/aromatic N) is 1. The van der Waals surface area contributed by atoms with E-state index in [0.29, 0.717) is 5.75 Å². The van der Waals surface area contributed by atoms with Gasteiger partial charge in [0, 0.05) is 28.2 Å². The summed E-state index contributed by atoms with van der Waals surface area (Å²) in [6.45, 7) is 2.08. The van der Waals surface area contributed by atoms with Gasteiger partial charge < -0.3 is 5.11 Å². The van der Waals surface area contributed by atoms with Crippen LogP contribution in [-0.4, -0.2) is 10.8 Å². The lowest BCUT2D eigenvalue weighted by molar-refractivity contribution is 0.412. The second-order valence-electron chi connectivity index (χ2n) is 6.88. The first-order chi connectivity index (χ1) is 13.1. The number of hydrogen-bond donors (Lipinski definition) is 2. The molecule has 4 heteroatoms. The number of halogens is 1. The third-order valence-corrected chi connectivity index (χ3v) is 5.40. The molecule has 3 nitrogen and oxygen atoms in total. The Morgan fingerprint density at radius 1 is 1.00 bits per heavy atom. The molecular formula is C23H21BrN2O. The highest BCUT2D eigenvalue weighted by Crippen LogP contribution is 2.34. The Balaban J connectivity index is 1.76. The molecule has 0 radical (unpaired) electrons. The Hall–Kier alpha value is -2.43. The summed E-state index contributed by atoms with van der Waals surface area (Å²) in [4.78, 5) is 5.00. The van der Waals surface area contributed by atoms with E-state index in [-0.39, 0.29) is 12.2 Å². The van der Waals surface area contributed by atoms with Gasteiger partial charge in [0.2, 0.25) is 0 Å². The van der Waals surface area contributed by atoms with E-state index >= 15 is 0 Å². The Morgan fingerprint density at radius 2 is 1.78 bits per heavy atom. The molecule has 0 saturated heterocycles. The maximum absolute atomic E-state index is 10.4. The third-order valence-electron chi connectivity index (χ3n) is 4.90. The van der Waals surface area contributed by atoms with Crippen molar-refractivity contribution < 1.29 is 5.11 Å². The average Bonchev–Trinajstić information content (AvgIpc) is 2.68. The van der Waals surface area contributed by atoms with Crippen LogP contribution in [0.1, 0.15) is 40.9 Å². The topological polar surface area (TPSA) is 44.6 Å². The van der Waals surface area contributed by atoms with Gasteiger partial charge in [0.25, 0.3) is 0 Å². The van der Waals surface area contributed by atoms with Crippen LogP contribution >= 0.6 is 15.9 Å². The average molecular weight is 421 g/mol. The van der Waals surface area contributed by atoms with Crippen molar-refractivity contribution in [1.29, 1.82) is 0 Å². The van der Waals surface area contributed by atoms with Crippen molar-refractivity contribution in [2.75, 3.05) is 0 Å². The van der Waals surface area contributed by atoms with Gasteiger partial charge in [0.1, 0.15) is 11.9 Å². The fourth-order valence-electron chi connectivity index (χ4n) is 3.45. The molecule has 1 heterocycles. The van der Waals surface area contributed by atoms with Gasteiger partial charge in [-0.25, -0.2) is 0 Å². The molecule has 0 aromatic heterocycles. The molecule has 2 N–H and O–H groups in total. The van der Waals surface area contributed by atoms with Gasteiger partial charge in [0.05, 0.1) is 0 Å². The minimum absolute atomic E-state index is 0.0102. The van der Waals surface area contributed by atoms with Crippen molar-refractivity contribution in [2.24, 2.45) is 4.99 Å². The predicted octanol–water partition coefficient (Wildman–Crippen LogP) is 5.69. The number of para-hydroxylation sites is 1. The number of phenols is 1. The first kappa shape index (κ1) is 18.0. The van der Waals surface area contributed by atoms with Gasteiger partial charge >= 0.3 is 0 Å². The number of rotatable bonds is 3. The number of aliphatic imine (C=N–C) groups is 1.